The van der Waals surface area contributed by atoms with E-state index in [1.54, 1.807) is 0 Å². The minimum absolute atomic E-state index is 0.362. The highest BCUT2D eigenvalue weighted by Crippen LogP contribution is 2.30. The second kappa shape index (κ2) is 11.9. The second-order valence-corrected chi connectivity index (χ2v) is 6.78. The van der Waals surface area contributed by atoms with Gasteiger partial charge in [0.15, 0.2) is 0 Å². The van der Waals surface area contributed by atoms with Crippen LogP contribution in [0.25, 0.3) is 0 Å². The molecule has 0 amide bonds. The number of pyridine rings is 1. The molecule has 2 N–H and O–H groups in total. The number of carboxylic acids is 2. The van der Waals surface area contributed by atoms with Gasteiger partial charge in [0.25, 0.3) is 0 Å². The Hall–Kier alpha value is -2.66. The molecule has 5 nitrogen and oxygen atoms in total. The molecule has 0 saturated heterocycles. The van der Waals surface area contributed by atoms with Crippen LogP contribution in [0.3, 0.4) is 0 Å². The maximum Gasteiger partial charge on any atom is 0.328 e. The summed E-state index contributed by atoms with van der Waals surface area (Å²) in [6.45, 7) is 4.52. The maximum atomic E-state index is 9.55. The topological polar surface area (TPSA) is 87.5 Å². The molecule has 0 radical (unpaired) electrons. The van der Waals surface area contributed by atoms with Gasteiger partial charge in [0.2, 0.25) is 0 Å². The van der Waals surface area contributed by atoms with Gasteiger partial charge >= 0.3 is 11.9 Å². The number of carboxylic acid groups (broad SMARTS) is 2. The minimum Gasteiger partial charge on any atom is -0.478 e. The normalized spacial score (nSPS) is 11.7. The van der Waals surface area contributed by atoms with E-state index in [1.165, 1.54) is 12.0 Å². The lowest BCUT2D eigenvalue weighted by atomic mass is 9.88. The number of rotatable bonds is 7. The molecule has 0 aliphatic rings. The molecule has 6 heteroatoms. The summed E-state index contributed by atoms with van der Waals surface area (Å²) in [5.74, 6) is -1.45. The van der Waals surface area contributed by atoms with Crippen molar-refractivity contribution < 1.29 is 19.8 Å². The van der Waals surface area contributed by atoms with Crippen LogP contribution in [0.2, 0.25) is 5.02 Å². The number of hydrogen-bond donors (Lipinski definition) is 2. The Morgan fingerprint density at radius 2 is 1.59 bits per heavy atom. The van der Waals surface area contributed by atoms with E-state index in [1.807, 2.05) is 24.4 Å². The van der Waals surface area contributed by atoms with E-state index in [0.29, 0.717) is 24.0 Å². The Bertz CT molecular complexity index is 727. The monoisotopic (exact) mass is 389 g/mol. The Kier molecular flexibility index (Phi) is 9.83. The fourth-order valence-corrected chi connectivity index (χ4v) is 2.53. The summed E-state index contributed by atoms with van der Waals surface area (Å²) in [4.78, 5) is 23.6. The van der Waals surface area contributed by atoms with Crippen molar-refractivity contribution in [2.75, 3.05) is 0 Å². The molecule has 1 aromatic carbocycles. The van der Waals surface area contributed by atoms with Crippen molar-refractivity contribution in [1.29, 1.82) is 0 Å². The van der Waals surface area contributed by atoms with Gasteiger partial charge in [0.05, 0.1) is 0 Å². The summed E-state index contributed by atoms with van der Waals surface area (Å²) in [5.41, 5.74) is 2.44. The number of carbonyl (C=O) groups is 2. The standard InChI is InChI=1S/C17H20ClN.C4H4O4/c1-13(2)6-11-16(17-5-3-4-12-19-17)14-7-9-15(18)10-8-14;5-3(6)1-2-4(7)8/h3-5,7-10,12-13,16H,6,11H2,1-2H3;1-2H,(H,5,6)(H,7,8)/b;2-1-/t16-;/m1./s1. The van der Waals surface area contributed by atoms with Gasteiger partial charge in [-0.3, -0.25) is 4.98 Å². The average molecular weight is 390 g/mol. The third-order valence-electron chi connectivity index (χ3n) is 3.72. The first-order chi connectivity index (χ1) is 12.8. The first-order valence-corrected chi connectivity index (χ1v) is 8.97. The van der Waals surface area contributed by atoms with Crippen molar-refractivity contribution in [2.24, 2.45) is 5.92 Å². The van der Waals surface area contributed by atoms with E-state index in [4.69, 9.17) is 21.8 Å². The first kappa shape index (κ1) is 22.4. The highest BCUT2D eigenvalue weighted by atomic mass is 35.5. The van der Waals surface area contributed by atoms with Crippen LogP contribution in [-0.2, 0) is 9.59 Å². The lowest BCUT2D eigenvalue weighted by Gasteiger charge is -2.18. The van der Waals surface area contributed by atoms with Gasteiger partial charge in [-0.1, -0.05) is 50.1 Å². The lowest BCUT2D eigenvalue weighted by Crippen LogP contribution is -2.05. The minimum atomic E-state index is -1.26. The van der Waals surface area contributed by atoms with Crippen LogP contribution in [0.4, 0.5) is 0 Å². The van der Waals surface area contributed by atoms with Crippen LogP contribution in [-0.4, -0.2) is 27.1 Å². The van der Waals surface area contributed by atoms with E-state index >= 15 is 0 Å². The molecule has 2 rings (SSSR count). The van der Waals surface area contributed by atoms with Crippen molar-refractivity contribution in [1.82, 2.24) is 4.98 Å². The summed E-state index contributed by atoms with van der Waals surface area (Å²) >= 11 is 5.97. The molecule has 0 spiro atoms. The van der Waals surface area contributed by atoms with Gasteiger partial charge in [-0.15, -0.1) is 0 Å². The third kappa shape index (κ3) is 9.56. The second-order valence-electron chi connectivity index (χ2n) is 6.34. The van der Waals surface area contributed by atoms with Crippen LogP contribution in [0.1, 0.15) is 43.9 Å². The molecule has 0 aliphatic heterocycles. The van der Waals surface area contributed by atoms with E-state index in [9.17, 15) is 9.59 Å². The Morgan fingerprint density at radius 3 is 2.04 bits per heavy atom. The van der Waals surface area contributed by atoms with Crippen LogP contribution in [0.5, 0.6) is 0 Å². The fourth-order valence-electron chi connectivity index (χ4n) is 2.41. The molecular weight excluding hydrogens is 366 g/mol. The average Bonchev–Trinajstić information content (AvgIpc) is 2.63. The molecular formula is C21H24ClNO4. The molecule has 0 aliphatic carbocycles. The molecule has 0 saturated carbocycles. The Labute approximate surface area is 164 Å². The van der Waals surface area contributed by atoms with Crippen molar-refractivity contribution >= 4 is 23.5 Å². The van der Waals surface area contributed by atoms with Crippen molar-refractivity contribution in [3.05, 3.63) is 77.1 Å². The zero-order chi connectivity index (χ0) is 20.2. The zero-order valence-electron chi connectivity index (χ0n) is 15.4. The van der Waals surface area contributed by atoms with Crippen molar-refractivity contribution in [3.63, 3.8) is 0 Å². The van der Waals surface area contributed by atoms with Crippen molar-refractivity contribution in [3.8, 4) is 0 Å². The number of halogens is 1. The smallest absolute Gasteiger partial charge is 0.328 e. The molecule has 1 atom stereocenters. The summed E-state index contributed by atoms with van der Waals surface area (Å²) in [6.07, 6.45) is 5.30. The molecule has 144 valence electrons. The molecule has 1 heterocycles. The van der Waals surface area contributed by atoms with Gasteiger partial charge in [0.1, 0.15) is 0 Å². The summed E-state index contributed by atoms with van der Waals surface area (Å²) in [7, 11) is 0. The molecule has 0 fully saturated rings. The number of nitrogens with zero attached hydrogens (tertiary/aromatic N) is 1. The highest BCUT2D eigenvalue weighted by molar-refractivity contribution is 6.30. The van der Waals surface area contributed by atoms with Crippen LogP contribution >= 0.6 is 11.6 Å². The molecule has 2 aromatic rings. The fraction of sp³-hybridized carbons (Fsp3) is 0.286. The van der Waals surface area contributed by atoms with Crippen LogP contribution < -0.4 is 0 Å². The van der Waals surface area contributed by atoms with Gasteiger partial charge in [-0.2, -0.15) is 0 Å². The van der Waals surface area contributed by atoms with Gasteiger partial charge in [-0.05, 0) is 42.2 Å². The number of hydrogen-bond acceptors (Lipinski definition) is 3. The van der Waals surface area contributed by atoms with Gasteiger partial charge in [0, 0.05) is 35.0 Å². The predicted molar refractivity (Wildman–Crippen MR) is 106 cm³/mol. The largest absolute Gasteiger partial charge is 0.478 e. The quantitative estimate of drug-likeness (QED) is 0.649. The van der Waals surface area contributed by atoms with Crippen LogP contribution in [0.15, 0.2) is 60.8 Å². The van der Waals surface area contributed by atoms with Gasteiger partial charge < -0.3 is 10.2 Å². The van der Waals surface area contributed by atoms with E-state index in [-0.39, 0.29) is 0 Å². The summed E-state index contributed by atoms with van der Waals surface area (Å²) in [6, 6.07) is 14.3. The zero-order valence-corrected chi connectivity index (χ0v) is 16.1. The number of aromatic nitrogens is 1. The highest BCUT2D eigenvalue weighted by Gasteiger charge is 2.15. The van der Waals surface area contributed by atoms with E-state index in [2.05, 4.69) is 43.1 Å². The van der Waals surface area contributed by atoms with Crippen LogP contribution in [0, 0.1) is 5.92 Å². The van der Waals surface area contributed by atoms with E-state index in [0.717, 1.165) is 17.1 Å². The number of aliphatic carboxylic acids is 2. The lowest BCUT2D eigenvalue weighted by molar-refractivity contribution is -0.134. The Morgan fingerprint density at radius 1 is 1.00 bits per heavy atom. The summed E-state index contributed by atoms with van der Waals surface area (Å²) < 4.78 is 0. The molecule has 27 heavy (non-hydrogen) atoms. The van der Waals surface area contributed by atoms with Crippen molar-refractivity contribution in [2.45, 2.75) is 32.6 Å². The van der Waals surface area contributed by atoms with E-state index < -0.39 is 11.9 Å². The molecule has 0 bridgehead atoms. The SMILES string of the molecule is CC(C)CC[C@H](c1ccc(Cl)cc1)c1ccccn1.O=C(O)/C=C\C(=O)O. The summed E-state index contributed by atoms with van der Waals surface area (Å²) in [5, 5.41) is 16.4. The number of benzene rings is 1. The van der Waals surface area contributed by atoms with Gasteiger partial charge in [-0.25, -0.2) is 9.59 Å². The molecule has 0 unspecified atom stereocenters. The third-order valence-corrected chi connectivity index (χ3v) is 3.97. The maximum absolute atomic E-state index is 9.55. The Balaban J connectivity index is 0.000000387. The predicted octanol–water partition coefficient (Wildman–Crippen LogP) is 5.01. The first-order valence-electron chi connectivity index (χ1n) is 8.60. The molecule has 1 aromatic heterocycles.